The fourth-order valence-electron chi connectivity index (χ4n) is 6.69. The first-order valence-corrected chi connectivity index (χ1v) is 16.1. The normalized spacial score (nSPS) is 20.7. The van der Waals surface area contributed by atoms with E-state index in [9.17, 15) is 4.79 Å². The van der Waals surface area contributed by atoms with Gasteiger partial charge in [-0.15, -0.1) is 11.3 Å². The zero-order chi connectivity index (χ0) is 29.5. The lowest BCUT2D eigenvalue weighted by Crippen LogP contribution is -2.46. The second-order valence-electron chi connectivity index (χ2n) is 12.0. The lowest BCUT2D eigenvalue weighted by Gasteiger charge is -2.33. The summed E-state index contributed by atoms with van der Waals surface area (Å²) in [6.07, 6.45) is 5.04. The van der Waals surface area contributed by atoms with Crippen molar-refractivity contribution in [3.05, 3.63) is 53.9 Å². The Kier molecular flexibility index (Phi) is 7.71. The molecular weight excluding hydrogens is 560 g/mol. The number of nitrogens with zero attached hydrogens (tertiary/aromatic N) is 7. The van der Waals surface area contributed by atoms with E-state index in [4.69, 9.17) is 19.7 Å². The highest BCUT2D eigenvalue weighted by Gasteiger charge is 2.43. The van der Waals surface area contributed by atoms with E-state index in [1.807, 2.05) is 61.5 Å². The number of hydrogen-bond donors (Lipinski definition) is 1. The van der Waals surface area contributed by atoms with Crippen molar-refractivity contribution >= 4 is 45.0 Å². The average molecular weight is 599 g/mol. The fraction of sp³-hybridized carbons (Fsp3) is 0.469. The molecule has 3 aromatic heterocycles. The number of carbonyl (C=O) groups is 1. The first kappa shape index (κ1) is 28.1. The molecule has 0 saturated carbocycles. The van der Waals surface area contributed by atoms with Gasteiger partial charge < -0.3 is 19.9 Å². The Hall–Kier alpha value is -3.67. The van der Waals surface area contributed by atoms with Crippen LogP contribution in [0.5, 0.6) is 0 Å². The number of carbonyl (C=O) groups excluding carboxylic acids is 1. The monoisotopic (exact) mass is 598 g/mol. The Balaban J connectivity index is 1.07. The van der Waals surface area contributed by atoms with E-state index in [-0.39, 0.29) is 5.91 Å². The summed E-state index contributed by atoms with van der Waals surface area (Å²) in [6.45, 7) is 9.71. The molecule has 0 radical (unpaired) electrons. The molecule has 1 aromatic carbocycles. The summed E-state index contributed by atoms with van der Waals surface area (Å²) in [5.74, 6) is 2.73. The van der Waals surface area contributed by atoms with Gasteiger partial charge in [0.25, 0.3) is 5.91 Å². The highest BCUT2D eigenvalue weighted by atomic mass is 32.1. The topological polar surface area (TPSA) is 99.6 Å². The predicted molar refractivity (Wildman–Crippen MR) is 170 cm³/mol. The number of anilines is 3. The Morgan fingerprint density at radius 3 is 2.74 bits per heavy atom. The van der Waals surface area contributed by atoms with Gasteiger partial charge in [-0.25, -0.2) is 15.0 Å². The number of hydrogen-bond acceptors (Lipinski definition) is 10. The van der Waals surface area contributed by atoms with E-state index in [2.05, 4.69) is 27.0 Å². The maximum Gasteiger partial charge on any atom is 0.253 e. The molecule has 1 N–H and O–H groups in total. The quantitative estimate of drug-likeness (QED) is 0.301. The Morgan fingerprint density at radius 1 is 1.09 bits per heavy atom. The van der Waals surface area contributed by atoms with Gasteiger partial charge >= 0.3 is 0 Å². The molecule has 2 atom stereocenters. The van der Waals surface area contributed by atoms with Crippen molar-refractivity contribution in [1.82, 2.24) is 29.7 Å². The molecule has 7 rings (SSSR count). The minimum Gasteiger partial charge on any atom is -0.381 e. The molecule has 1 amide bonds. The average Bonchev–Trinajstić information content (AvgIpc) is 3.75. The van der Waals surface area contributed by atoms with Gasteiger partial charge in [0.15, 0.2) is 0 Å². The molecule has 224 valence electrons. The summed E-state index contributed by atoms with van der Waals surface area (Å²) >= 11 is 1.58. The first-order chi connectivity index (χ1) is 20.9. The number of benzene rings is 1. The van der Waals surface area contributed by atoms with E-state index >= 15 is 0 Å². The van der Waals surface area contributed by atoms with E-state index < -0.39 is 0 Å². The van der Waals surface area contributed by atoms with Crippen LogP contribution in [0.1, 0.15) is 42.2 Å². The Labute approximate surface area is 256 Å². The van der Waals surface area contributed by atoms with E-state index in [1.165, 1.54) is 6.42 Å². The molecule has 3 aliphatic heterocycles. The molecule has 3 saturated heterocycles. The van der Waals surface area contributed by atoms with Crippen LogP contribution in [-0.2, 0) is 4.74 Å². The van der Waals surface area contributed by atoms with Gasteiger partial charge in [-0.05, 0) is 50.8 Å². The van der Waals surface area contributed by atoms with Crippen LogP contribution in [-0.4, -0.2) is 94.2 Å². The molecule has 43 heavy (non-hydrogen) atoms. The number of amides is 1. The van der Waals surface area contributed by atoms with Gasteiger partial charge in [0.05, 0.1) is 10.2 Å². The molecule has 0 unspecified atom stereocenters. The molecule has 3 fully saturated rings. The van der Waals surface area contributed by atoms with Crippen LogP contribution < -0.4 is 10.2 Å². The van der Waals surface area contributed by atoms with Crippen LogP contribution in [0.3, 0.4) is 0 Å². The number of likely N-dealkylation sites (N-methyl/N-ethyl adjacent to an activating group) is 1. The zero-order valence-electron chi connectivity index (χ0n) is 25.0. The largest absolute Gasteiger partial charge is 0.381 e. The number of fused-ring (bicyclic) bond motifs is 3. The molecule has 6 heterocycles. The number of aromatic nitrogens is 4. The standard InChI is InChI=1S/C32H38N8O2S/c1-4-39-18-25-14-24(39)19-40(25)32-34-20(2)12-29(37-32)36-28-15-26-27(16-33-28)43-30(35-26)22-6-5-7-23(13-22)31(41)38(3)17-21-8-10-42-11-9-21/h5-7,12-13,15-16,21,24-25H,4,8-11,14,17-19H2,1-3H3,(H,33,34,36,37)/t24-,25-/m0/s1. The third-order valence-corrected chi connectivity index (χ3v) is 10.0. The molecule has 10 nitrogen and oxygen atoms in total. The molecule has 2 bridgehead atoms. The number of ether oxygens (including phenoxy) is 1. The number of piperazine rings is 1. The lowest BCUT2D eigenvalue weighted by molar-refractivity contribution is 0.0497. The third kappa shape index (κ3) is 5.81. The van der Waals surface area contributed by atoms with Gasteiger partial charge in [-0.2, -0.15) is 4.98 Å². The minimum atomic E-state index is 0.0339. The number of nitrogens with one attached hydrogen (secondary N) is 1. The predicted octanol–water partition coefficient (Wildman–Crippen LogP) is 4.98. The molecule has 11 heteroatoms. The van der Waals surface area contributed by atoms with Gasteiger partial charge in [0.2, 0.25) is 5.95 Å². The van der Waals surface area contributed by atoms with E-state index in [0.29, 0.717) is 29.4 Å². The van der Waals surface area contributed by atoms with E-state index in [1.54, 1.807) is 11.3 Å². The summed E-state index contributed by atoms with van der Waals surface area (Å²) in [6, 6.07) is 12.8. The molecule has 0 spiro atoms. The zero-order valence-corrected chi connectivity index (χ0v) is 25.8. The first-order valence-electron chi connectivity index (χ1n) is 15.3. The van der Waals surface area contributed by atoms with E-state index in [0.717, 1.165) is 90.5 Å². The number of aryl methyl sites for hydroxylation is 1. The van der Waals surface area contributed by atoms with Crippen molar-refractivity contribution in [2.75, 3.05) is 56.7 Å². The van der Waals surface area contributed by atoms with Gasteiger partial charge in [0, 0.05) is 87.1 Å². The van der Waals surface area contributed by atoms with Crippen molar-refractivity contribution in [2.45, 2.75) is 45.2 Å². The van der Waals surface area contributed by atoms with Crippen LogP contribution >= 0.6 is 11.3 Å². The highest BCUT2D eigenvalue weighted by molar-refractivity contribution is 7.21. The maximum atomic E-state index is 13.2. The molecular formula is C32H38N8O2S. The molecule has 3 aliphatic rings. The maximum absolute atomic E-state index is 13.2. The van der Waals surface area contributed by atoms with Crippen molar-refractivity contribution in [3.63, 3.8) is 0 Å². The smallest absolute Gasteiger partial charge is 0.253 e. The van der Waals surface area contributed by atoms with Crippen LogP contribution in [0.2, 0.25) is 0 Å². The second-order valence-corrected chi connectivity index (χ2v) is 13.0. The summed E-state index contributed by atoms with van der Waals surface area (Å²) in [5.41, 5.74) is 3.38. The second kappa shape index (κ2) is 11.8. The van der Waals surface area contributed by atoms with Crippen molar-refractivity contribution in [3.8, 4) is 10.6 Å². The van der Waals surface area contributed by atoms with Gasteiger partial charge in [-0.1, -0.05) is 19.1 Å². The number of thiazole rings is 1. The fourth-order valence-corrected chi connectivity index (χ4v) is 7.60. The number of pyridine rings is 1. The van der Waals surface area contributed by atoms with Crippen molar-refractivity contribution in [1.29, 1.82) is 0 Å². The lowest BCUT2D eigenvalue weighted by atomic mass is 9.99. The molecule has 4 aromatic rings. The molecule has 0 aliphatic carbocycles. The Morgan fingerprint density at radius 2 is 1.95 bits per heavy atom. The van der Waals surface area contributed by atoms with Crippen molar-refractivity contribution in [2.24, 2.45) is 5.92 Å². The van der Waals surface area contributed by atoms with Gasteiger partial charge in [0.1, 0.15) is 16.6 Å². The Bertz CT molecular complexity index is 1640. The van der Waals surface area contributed by atoms with Crippen LogP contribution in [0.25, 0.3) is 20.8 Å². The minimum absolute atomic E-state index is 0.0339. The van der Waals surface area contributed by atoms with Crippen LogP contribution in [0.15, 0.2) is 42.6 Å². The number of likely N-dealkylation sites (tertiary alicyclic amines) is 1. The summed E-state index contributed by atoms with van der Waals surface area (Å²) in [5, 5.41) is 4.25. The highest BCUT2D eigenvalue weighted by Crippen LogP contribution is 2.34. The third-order valence-electron chi connectivity index (χ3n) is 8.97. The summed E-state index contributed by atoms with van der Waals surface area (Å²) in [4.78, 5) is 39.2. The van der Waals surface area contributed by atoms with Gasteiger partial charge in [-0.3, -0.25) is 9.69 Å². The van der Waals surface area contributed by atoms with Crippen molar-refractivity contribution < 1.29 is 9.53 Å². The summed E-state index contributed by atoms with van der Waals surface area (Å²) < 4.78 is 6.46. The SMILES string of the molecule is CCN1C[C@@H]2C[C@H]1CN2c1nc(C)cc(Nc2cc3nc(-c4cccc(C(=O)N(C)CC5CCOCC5)c4)sc3cn2)n1. The van der Waals surface area contributed by atoms with Crippen LogP contribution in [0.4, 0.5) is 17.6 Å². The van der Waals surface area contributed by atoms with Crippen LogP contribution in [0, 0.1) is 12.8 Å². The number of rotatable bonds is 8. The summed E-state index contributed by atoms with van der Waals surface area (Å²) in [7, 11) is 1.89.